The highest BCUT2D eigenvalue weighted by atomic mass is 14.0. The number of benzene rings is 1. The average Bonchev–Trinajstić information content (AvgIpc) is 2.18. The molecule has 1 aliphatic rings. The summed E-state index contributed by atoms with van der Waals surface area (Å²) >= 11 is 0. The second kappa shape index (κ2) is 4.61. The zero-order valence-electron chi connectivity index (χ0n) is 8.19. The molecule has 14 heavy (non-hydrogen) atoms. The summed E-state index contributed by atoms with van der Waals surface area (Å²) < 4.78 is 0. The first-order chi connectivity index (χ1) is 6.97. The molecular formula is C14H14. The molecule has 0 nitrogen and oxygen atoms in total. The molecule has 0 heterocycles. The van der Waals surface area contributed by atoms with Crippen LogP contribution in [-0.2, 0) is 0 Å². The molecule has 0 atom stereocenters. The van der Waals surface area contributed by atoms with Crippen LogP contribution in [-0.4, -0.2) is 0 Å². The van der Waals surface area contributed by atoms with E-state index in [4.69, 9.17) is 0 Å². The van der Waals surface area contributed by atoms with Gasteiger partial charge in [0.15, 0.2) is 0 Å². The molecule has 0 saturated carbocycles. The normalized spacial score (nSPS) is 20.4. The SMILES string of the molecule is C1=C(c2ccccc2)C/C=C\C/C=C\1. The highest BCUT2D eigenvalue weighted by molar-refractivity contribution is 5.68. The molecule has 0 spiro atoms. The number of rotatable bonds is 1. The molecule has 0 saturated heterocycles. The minimum absolute atomic E-state index is 1.04. The van der Waals surface area contributed by atoms with Crippen LogP contribution >= 0.6 is 0 Å². The van der Waals surface area contributed by atoms with Crippen LogP contribution in [0.1, 0.15) is 18.4 Å². The van der Waals surface area contributed by atoms with Crippen LogP contribution in [0, 0.1) is 0 Å². The van der Waals surface area contributed by atoms with Gasteiger partial charge >= 0.3 is 0 Å². The van der Waals surface area contributed by atoms with Crippen LogP contribution in [0.25, 0.3) is 5.57 Å². The lowest BCUT2D eigenvalue weighted by Crippen LogP contribution is -1.83. The Balaban J connectivity index is 2.29. The Labute approximate surface area is 85.3 Å². The van der Waals surface area contributed by atoms with E-state index in [0.29, 0.717) is 0 Å². The Hall–Kier alpha value is -1.56. The second-order valence-corrected chi connectivity index (χ2v) is 3.40. The molecule has 0 radical (unpaired) electrons. The maximum atomic E-state index is 2.24. The molecule has 0 amide bonds. The first-order valence-corrected chi connectivity index (χ1v) is 5.03. The van der Waals surface area contributed by atoms with Crippen LogP contribution < -0.4 is 0 Å². The Kier molecular flexibility index (Phi) is 2.97. The fourth-order valence-electron chi connectivity index (χ4n) is 1.58. The van der Waals surface area contributed by atoms with Crippen LogP contribution in [0.5, 0.6) is 0 Å². The predicted molar refractivity (Wildman–Crippen MR) is 61.9 cm³/mol. The molecule has 0 bridgehead atoms. The fourth-order valence-corrected chi connectivity index (χ4v) is 1.58. The molecule has 0 unspecified atom stereocenters. The van der Waals surface area contributed by atoms with E-state index < -0.39 is 0 Å². The second-order valence-electron chi connectivity index (χ2n) is 3.40. The number of hydrogen-bond acceptors (Lipinski definition) is 0. The van der Waals surface area contributed by atoms with Crippen molar-refractivity contribution in [2.45, 2.75) is 12.8 Å². The number of hydrogen-bond donors (Lipinski definition) is 0. The van der Waals surface area contributed by atoms with Crippen molar-refractivity contribution in [1.29, 1.82) is 0 Å². The molecule has 0 fully saturated rings. The van der Waals surface area contributed by atoms with E-state index in [9.17, 15) is 0 Å². The molecule has 2 rings (SSSR count). The van der Waals surface area contributed by atoms with Crippen LogP contribution in [0.15, 0.2) is 60.7 Å². The highest BCUT2D eigenvalue weighted by Gasteiger charge is 1.97. The minimum atomic E-state index is 1.04. The molecule has 70 valence electrons. The third-order valence-corrected chi connectivity index (χ3v) is 2.35. The zero-order chi connectivity index (χ0) is 9.64. The Bertz CT molecular complexity index is 366. The van der Waals surface area contributed by atoms with E-state index in [-0.39, 0.29) is 0 Å². The van der Waals surface area contributed by atoms with E-state index in [1.165, 1.54) is 11.1 Å². The van der Waals surface area contributed by atoms with Gasteiger partial charge in [-0.05, 0) is 24.0 Å². The van der Waals surface area contributed by atoms with Crippen molar-refractivity contribution in [1.82, 2.24) is 0 Å². The van der Waals surface area contributed by atoms with Gasteiger partial charge in [0.25, 0.3) is 0 Å². The molecule has 0 aromatic heterocycles. The van der Waals surface area contributed by atoms with Gasteiger partial charge < -0.3 is 0 Å². The van der Waals surface area contributed by atoms with E-state index >= 15 is 0 Å². The molecule has 0 heteroatoms. The molecular weight excluding hydrogens is 168 g/mol. The van der Waals surface area contributed by atoms with Gasteiger partial charge in [-0.3, -0.25) is 0 Å². The monoisotopic (exact) mass is 182 g/mol. The zero-order valence-corrected chi connectivity index (χ0v) is 8.19. The van der Waals surface area contributed by atoms with Gasteiger partial charge in [-0.2, -0.15) is 0 Å². The van der Waals surface area contributed by atoms with Gasteiger partial charge in [-0.15, -0.1) is 0 Å². The lowest BCUT2D eigenvalue weighted by Gasteiger charge is -2.05. The maximum absolute atomic E-state index is 2.24. The lowest BCUT2D eigenvalue weighted by atomic mass is 10.0. The van der Waals surface area contributed by atoms with Crippen LogP contribution in [0.3, 0.4) is 0 Å². The third-order valence-electron chi connectivity index (χ3n) is 2.35. The summed E-state index contributed by atoms with van der Waals surface area (Å²) in [6.07, 6.45) is 13.1. The molecule has 0 N–H and O–H groups in total. The van der Waals surface area contributed by atoms with Gasteiger partial charge in [0, 0.05) is 0 Å². The summed E-state index contributed by atoms with van der Waals surface area (Å²) in [6.45, 7) is 0. The first-order valence-electron chi connectivity index (χ1n) is 5.03. The van der Waals surface area contributed by atoms with Crippen LogP contribution in [0.4, 0.5) is 0 Å². The highest BCUT2D eigenvalue weighted by Crippen LogP contribution is 2.19. The summed E-state index contributed by atoms with van der Waals surface area (Å²) in [4.78, 5) is 0. The van der Waals surface area contributed by atoms with Crippen molar-refractivity contribution < 1.29 is 0 Å². The Morgan fingerprint density at radius 2 is 1.71 bits per heavy atom. The number of allylic oxidation sites excluding steroid dienone is 6. The summed E-state index contributed by atoms with van der Waals surface area (Å²) in [6, 6.07) is 10.5. The maximum Gasteiger partial charge on any atom is -0.00914 e. The van der Waals surface area contributed by atoms with E-state index in [1.807, 2.05) is 0 Å². The average molecular weight is 182 g/mol. The predicted octanol–water partition coefficient (Wildman–Crippen LogP) is 3.98. The van der Waals surface area contributed by atoms with Gasteiger partial charge in [0.05, 0.1) is 0 Å². The summed E-state index contributed by atoms with van der Waals surface area (Å²) in [5.41, 5.74) is 2.71. The largest absolute Gasteiger partial charge is 0.0844 e. The van der Waals surface area contributed by atoms with E-state index in [0.717, 1.165) is 12.8 Å². The molecule has 0 aliphatic heterocycles. The van der Waals surface area contributed by atoms with Gasteiger partial charge in [-0.1, -0.05) is 60.7 Å². The Morgan fingerprint density at radius 1 is 0.857 bits per heavy atom. The van der Waals surface area contributed by atoms with Crippen molar-refractivity contribution in [3.05, 3.63) is 66.3 Å². The van der Waals surface area contributed by atoms with E-state index in [1.54, 1.807) is 0 Å². The van der Waals surface area contributed by atoms with Gasteiger partial charge in [0.2, 0.25) is 0 Å². The van der Waals surface area contributed by atoms with Gasteiger partial charge in [0.1, 0.15) is 0 Å². The molecule has 1 aromatic carbocycles. The van der Waals surface area contributed by atoms with E-state index in [2.05, 4.69) is 60.7 Å². The summed E-state index contributed by atoms with van der Waals surface area (Å²) in [5.74, 6) is 0. The van der Waals surface area contributed by atoms with Crippen molar-refractivity contribution in [3.8, 4) is 0 Å². The molecule has 1 aliphatic carbocycles. The Morgan fingerprint density at radius 3 is 2.57 bits per heavy atom. The van der Waals surface area contributed by atoms with Crippen molar-refractivity contribution in [2.75, 3.05) is 0 Å². The van der Waals surface area contributed by atoms with Crippen LogP contribution in [0.2, 0.25) is 0 Å². The fraction of sp³-hybridized carbons (Fsp3) is 0.143. The summed E-state index contributed by atoms with van der Waals surface area (Å²) in [7, 11) is 0. The third kappa shape index (κ3) is 2.23. The lowest BCUT2D eigenvalue weighted by molar-refractivity contribution is 1.30. The van der Waals surface area contributed by atoms with Crippen molar-refractivity contribution in [3.63, 3.8) is 0 Å². The topological polar surface area (TPSA) is 0 Å². The smallest absolute Gasteiger partial charge is 0.00914 e. The minimum Gasteiger partial charge on any atom is -0.0844 e. The molecule has 1 aromatic rings. The van der Waals surface area contributed by atoms with Crippen molar-refractivity contribution >= 4 is 5.57 Å². The van der Waals surface area contributed by atoms with Gasteiger partial charge in [-0.25, -0.2) is 0 Å². The summed E-state index contributed by atoms with van der Waals surface area (Å²) in [5, 5.41) is 0. The quantitative estimate of drug-likeness (QED) is 0.576. The first kappa shape index (κ1) is 9.01. The standard InChI is InChI=1S/C14H14/c1-2-5-9-13(10-6-3-1)14-11-7-4-8-12-14/h2-9,11-12H,1,10H2/b5-2-,6-3-,13-9?. The van der Waals surface area contributed by atoms with Crippen molar-refractivity contribution in [2.24, 2.45) is 0 Å².